The molecule has 230 valence electrons. The van der Waals surface area contributed by atoms with Crippen molar-refractivity contribution in [1.82, 2.24) is 10.2 Å². The second-order valence-corrected chi connectivity index (χ2v) is 13.9. The Kier molecular flexibility index (Phi) is 5.95. The van der Waals surface area contributed by atoms with Gasteiger partial charge in [0.05, 0.1) is 5.69 Å². The summed E-state index contributed by atoms with van der Waals surface area (Å²) in [6.45, 7) is 4.73. The summed E-state index contributed by atoms with van der Waals surface area (Å²) in [7, 11) is 0. The Morgan fingerprint density at radius 2 is 0.959 bits per heavy atom. The van der Waals surface area contributed by atoms with E-state index in [2.05, 4.69) is 164 Å². The van der Waals surface area contributed by atoms with E-state index in [1.807, 2.05) is 12.1 Å². The van der Waals surface area contributed by atoms with Crippen LogP contribution in [0.2, 0.25) is 0 Å². The Morgan fingerprint density at radius 1 is 0.408 bits per heavy atom. The third kappa shape index (κ3) is 4.20. The molecule has 0 unspecified atom stereocenters. The van der Waals surface area contributed by atoms with E-state index in [1.54, 1.807) is 6.20 Å². The van der Waals surface area contributed by atoms with E-state index in [9.17, 15) is 0 Å². The standard InChI is InChI=1S/C47H32N2/c1-47(2)42-26-33(44-16-9-23-48-49-44)21-22-36(42)39-27-40-41(28-43(39)47)46(35-20-18-30-11-4-6-13-32(30)25-35)38-15-8-7-14-37(38)45(40)34-19-17-29-10-3-5-12-31(29)24-34/h3-28H,1-2H3. The molecule has 1 aliphatic carbocycles. The van der Waals surface area contributed by atoms with Crippen molar-refractivity contribution in [2.75, 3.05) is 0 Å². The Balaban J connectivity index is 1.33. The molecule has 8 aromatic carbocycles. The average molecular weight is 625 g/mol. The molecule has 0 fully saturated rings. The fourth-order valence-corrected chi connectivity index (χ4v) is 8.33. The van der Waals surface area contributed by atoms with Gasteiger partial charge in [-0.25, -0.2) is 0 Å². The summed E-state index contributed by atoms with van der Waals surface area (Å²) in [4.78, 5) is 0. The molecular weight excluding hydrogens is 593 g/mol. The van der Waals surface area contributed by atoms with Crippen LogP contribution < -0.4 is 0 Å². The van der Waals surface area contributed by atoms with E-state index in [4.69, 9.17) is 0 Å². The van der Waals surface area contributed by atoms with Crippen LogP contribution in [-0.2, 0) is 5.41 Å². The molecular formula is C47H32N2. The normalized spacial score (nSPS) is 13.3. The molecule has 0 amide bonds. The first-order valence-electron chi connectivity index (χ1n) is 17.0. The molecule has 0 bridgehead atoms. The molecule has 0 aliphatic heterocycles. The molecule has 0 N–H and O–H groups in total. The Labute approximate surface area is 285 Å². The number of hydrogen-bond donors (Lipinski definition) is 0. The highest BCUT2D eigenvalue weighted by Crippen LogP contribution is 2.54. The minimum absolute atomic E-state index is 0.202. The smallest absolute Gasteiger partial charge is 0.0929 e. The van der Waals surface area contributed by atoms with Crippen LogP contribution in [0.5, 0.6) is 0 Å². The molecule has 0 saturated carbocycles. The molecule has 1 aromatic heterocycles. The summed E-state index contributed by atoms with van der Waals surface area (Å²) in [6, 6.07) is 56.0. The average Bonchev–Trinajstić information content (AvgIpc) is 3.37. The van der Waals surface area contributed by atoms with Crippen molar-refractivity contribution in [1.29, 1.82) is 0 Å². The van der Waals surface area contributed by atoms with Crippen molar-refractivity contribution >= 4 is 43.1 Å². The van der Waals surface area contributed by atoms with Gasteiger partial charge in [-0.1, -0.05) is 123 Å². The van der Waals surface area contributed by atoms with Crippen molar-refractivity contribution < 1.29 is 0 Å². The summed E-state index contributed by atoms with van der Waals surface area (Å²) in [5.41, 5.74) is 12.1. The molecule has 0 saturated heterocycles. The lowest BCUT2D eigenvalue weighted by Crippen LogP contribution is -2.15. The van der Waals surface area contributed by atoms with Crippen molar-refractivity contribution in [3.63, 3.8) is 0 Å². The van der Waals surface area contributed by atoms with Gasteiger partial charge in [0.15, 0.2) is 0 Å². The first kappa shape index (κ1) is 27.9. The monoisotopic (exact) mass is 624 g/mol. The van der Waals surface area contributed by atoms with Crippen LogP contribution in [0, 0.1) is 0 Å². The second kappa shape index (κ2) is 10.4. The van der Waals surface area contributed by atoms with Gasteiger partial charge in [0.2, 0.25) is 0 Å². The van der Waals surface area contributed by atoms with Crippen LogP contribution in [-0.4, -0.2) is 10.2 Å². The number of nitrogens with zero attached hydrogens (tertiary/aromatic N) is 2. The molecule has 10 rings (SSSR count). The molecule has 2 heteroatoms. The van der Waals surface area contributed by atoms with E-state index >= 15 is 0 Å². The fraction of sp³-hybridized carbons (Fsp3) is 0.0638. The van der Waals surface area contributed by atoms with E-state index in [1.165, 1.54) is 87.6 Å². The number of fused-ring (bicyclic) bond motifs is 7. The number of rotatable bonds is 3. The van der Waals surface area contributed by atoms with Crippen molar-refractivity contribution in [3.8, 4) is 44.6 Å². The molecule has 0 spiro atoms. The lowest BCUT2D eigenvalue weighted by Gasteiger charge is -2.24. The van der Waals surface area contributed by atoms with Crippen LogP contribution in [0.15, 0.2) is 158 Å². The summed E-state index contributed by atoms with van der Waals surface area (Å²) < 4.78 is 0. The second-order valence-electron chi connectivity index (χ2n) is 13.9. The predicted octanol–water partition coefficient (Wildman–Crippen LogP) is 12.4. The van der Waals surface area contributed by atoms with Gasteiger partial charge >= 0.3 is 0 Å². The van der Waals surface area contributed by atoms with Crippen LogP contribution >= 0.6 is 0 Å². The van der Waals surface area contributed by atoms with Gasteiger partial charge in [-0.2, -0.15) is 10.2 Å². The van der Waals surface area contributed by atoms with Gasteiger partial charge in [-0.3, -0.25) is 0 Å². The highest BCUT2D eigenvalue weighted by atomic mass is 15.1. The number of aromatic nitrogens is 2. The minimum atomic E-state index is -0.202. The van der Waals surface area contributed by atoms with Crippen LogP contribution in [0.1, 0.15) is 25.0 Å². The molecule has 49 heavy (non-hydrogen) atoms. The summed E-state index contributed by atoms with van der Waals surface area (Å²) in [6.07, 6.45) is 1.73. The maximum absolute atomic E-state index is 4.43. The first-order chi connectivity index (χ1) is 24.0. The van der Waals surface area contributed by atoms with Gasteiger partial charge in [0, 0.05) is 17.2 Å². The molecule has 1 heterocycles. The first-order valence-corrected chi connectivity index (χ1v) is 17.0. The fourth-order valence-electron chi connectivity index (χ4n) is 8.33. The highest BCUT2D eigenvalue weighted by molar-refractivity contribution is 6.23. The molecule has 0 radical (unpaired) electrons. The molecule has 1 aliphatic rings. The maximum atomic E-state index is 4.43. The lowest BCUT2D eigenvalue weighted by atomic mass is 9.79. The minimum Gasteiger partial charge on any atom is -0.159 e. The van der Waals surface area contributed by atoms with Gasteiger partial charge < -0.3 is 0 Å². The topological polar surface area (TPSA) is 25.8 Å². The third-order valence-corrected chi connectivity index (χ3v) is 10.8. The van der Waals surface area contributed by atoms with Crippen LogP contribution in [0.4, 0.5) is 0 Å². The maximum Gasteiger partial charge on any atom is 0.0929 e. The zero-order chi connectivity index (χ0) is 32.7. The Hall–Kier alpha value is -6.12. The van der Waals surface area contributed by atoms with Gasteiger partial charge in [0.25, 0.3) is 0 Å². The molecule has 2 nitrogen and oxygen atoms in total. The largest absolute Gasteiger partial charge is 0.159 e. The molecule has 0 atom stereocenters. The van der Waals surface area contributed by atoms with Crippen molar-refractivity contribution in [3.05, 3.63) is 169 Å². The van der Waals surface area contributed by atoms with Crippen LogP contribution in [0.3, 0.4) is 0 Å². The van der Waals surface area contributed by atoms with Gasteiger partial charge in [-0.15, -0.1) is 0 Å². The van der Waals surface area contributed by atoms with E-state index in [0.29, 0.717) is 0 Å². The lowest BCUT2D eigenvalue weighted by molar-refractivity contribution is 0.661. The van der Waals surface area contributed by atoms with Crippen LogP contribution in [0.25, 0.3) is 87.7 Å². The Bertz CT molecular complexity index is 2790. The van der Waals surface area contributed by atoms with Crippen molar-refractivity contribution in [2.24, 2.45) is 0 Å². The van der Waals surface area contributed by atoms with Gasteiger partial charge in [-0.05, 0) is 130 Å². The number of benzene rings is 8. The van der Waals surface area contributed by atoms with Gasteiger partial charge in [0.1, 0.15) is 0 Å². The zero-order valence-corrected chi connectivity index (χ0v) is 27.4. The van der Waals surface area contributed by atoms with E-state index < -0.39 is 0 Å². The SMILES string of the molecule is CC1(C)c2cc(-c3cccnn3)ccc2-c2cc3c(-c4ccc5ccccc5c4)c4ccccc4c(-c4ccc5ccccc5c4)c3cc21. The third-order valence-electron chi connectivity index (χ3n) is 10.8. The zero-order valence-electron chi connectivity index (χ0n) is 27.4. The van der Waals surface area contributed by atoms with E-state index in [-0.39, 0.29) is 5.41 Å². The van der Waals surface area contributed by atoms with Crippen molar-refractivity contribution in [2.45, 2.75) is 19.3 Å². The Morgan fingerprint density at radius 3 is 1.57 bits per heavy atom. The predicted molar refractivity (Wildman–Crippen MR) is 206 cm³/mol. The highest BCUT2D eigenvalue weighted by Gasteiger charge is 2.37. The summed E-state index contributed by atoms with van der Waals surface area (Å²) >= 11 is 0. The number of hydrogen-bond acceptors (Lipinski definition) is 2. The summed E-state index contributed by atoms with van der Waals surface area (Å²) in [5.74, 6) is 0. The summed E-state index contributed by atoms with van der Waals surface area (Å²) in [5, 5.41) is 18.7. The quantitative estimate of drug-likeness (QED) is 0.183. The van der Waals surface area contributed by atoms with E-state index in [0.717, 1.165) is 11.3 Å². The molecule has 9 aromatic rings.